The molecule has 0 fully saturated rings. The molecular formula is C14H20FNO2. The van der Waals surface area contributed by atoms with Crippen LogP contribution in [0.3, 0.4) is 0 Å². The first kappa shape index (κ1) is 14.6. The number of rotatable bonds is 6. The third-order valence-corrected chi connectivity index (χ3v) is 3.06. The van der Waals surface area contributed by atoms with Crippen LogP contribution in [0.25, 0.3) is 0 Å². The third-order valence-electron chi connectivity index (χ3n) is 3.06. The van der Waals surface area contributed by atoms with E-state index in [-0.39, 0.29) is 11.2 Å². The van der Waals surface area contributed by atoms with Gasteiger partial charge in [-0.05, 0) is 17.7 Å². The highest BCUT2D eigenvalue weighted by Gasteiger charge is 2.21. The van der Waals surface area contributed by atoms with E-state index in [1.54, 1.807) is 19.1 Å². The van der Waals surface area contributed by atoms with Gasteiger partial charge in [-0.1, -0.05) is 32.9 Å². The number of halogens is 1. The zero-order chi connectivity index (χ0) is 13.8. The Morgan fingerprint density at radius 2 is 1.94 bits per heavy atom. The molecule has 1 unspecified atom stereocenters. The molecule has 2 N–H and O–H groups in total. The van der Waals surface area contributed by atoms with Gasteiger partial charge in [0.25, 0.3) is 0 Å². The maximum atomic E-state index is 12.8. The first-order valence-electron chi connectivity index (χ1n) is 6.02. The number of aliphatic carboxylic acids is 1. The number of nitrogens with one attached hydrogen (secondary N) is 1. The van der Waals surface area contributed by atoms with Crippen LogP contribution in [-0.4, -0.2) is 24.2 Å². The molecule has 0 saturated carbocycles. The summed E-state index contributed by atoms with van der Waals surface area (Å²) in [6.07, 6.45) is 0. The summed E-state index contributed by atoms with van der Waals surface area (Å²) in [4.78, 5) is 10.7. The second kappa shape index (κ2) is 5.96. The summed E-state index contributed by atoms with van der Waals surface area (Å²) in [7, 11) is 0. The van der Waals surface area contributed by atoms with E-state index in [2.05, 4.69) is 5.32 Å². The van der Waals surface area contributed by atoms with Gasteiger partial charge < -0.3 is 10.4 Å². The van der Waals surface area contributed by atoms with E-state index in [9.17, 15) is 9.18 Å². The van der Waals surface area contributed by atoms with E-state index < -0.39 is 11.9 Å². The van der Waals surface area contributed by atoms with Crippen molar-refractivity contribution in [2.24, 2.45) is 5.92 Å². The molecule has 4 heteroatoms. The predicted molar refractivity (Wildman–Crippen MR) is 69.1 cm³/mol. The van der Waals surface area contributed by atoms with Crippen molar-refractivity contribution in [2.75, 3.05) is 13.1 Å². The van der Waals surface area contributed by atoms with Crippen LogP contribution in [0.2, 0.25) is 0 Å². The summed E-state index contributed by atoms with van der Waals surface area (Å²) in [6, 6.07) is 6.41. The van der Waals surface area contributed by atoms with Gasteiger partial charge in [-0.15, -0.1) is 0 Å². The molecule has 0 bridgehead atoms. The normalized spacial score (nSPS) is 13.3. The first-order chi connectivity index (χ1) is 8.33. The van der Waals surface area contributed by atoms with Crippen molar-refractivity contribution >= 4 is 5.97 Å². The van der Waals surface area contributed by atoms with Crippen molar-refractivity contribution in [3.63, 3.8) is 0 Å². The van der Waals surface area contributed by atoms with Crippen LogP contribution in [0, 0.1) is 11.7 Å². The van der Waals surface area contributed by atoms with Crippen molar-refractivity contribution in [2.45, 2.75) is 26.2 Å². The van der Waals surface area contributed by atoms with Crippen LogP contribution < -0.4 is 5.32 Å². The van der Waals surface area contributed by atoms with Crippen LogP contribution in [-0.2, 0) is 10.2 Å². The van der Waals surface area contributed by atoms with Gasteiger partial charge in [0.15, 0.2) is 0 Å². The van der Waals surface area contributed by atoms with Crippen LogP contribution in [0.15, 0.2) is 24.3 Å². The minimum absolute atomic E-state index is 0.161. The minimum Gasteiger partial charge on any atom is -0.481 e. The number of hydrogen-bond acceptors (Lipinski definition) is 2. The molecule has 0 radical (unpaired) electrons. The average Bonchev–Trinajstić information content (AvgIpc) is 2.29. The molecule has 0 amide bonds. The van der Waals surface area contributed by atoms with Gasteiger partial charge in [-0.2, -0.15) is 0 Å². The molecule has 1 atom stereocenters. The number of hydrogen-bond donors (Lipinski definition) is 2. The Morgan fingerprint density at radius 1 is 1.39 bits per heavy atom. The van der Waals surface area contributed by atoms with Gasteiger partial charge in [-0.3, -0.25) is 4.79 Å². The fourth-order valence-electron chi connectivity index (χ4n) is 1.69. The lowest BCUT2D eigenvalue weighted by Gasteiger charge is -2.26. The lowest BCUT2D eigenvalue weighted by molar-refractivity contribution is -0.140. The van der Waals surface area contributed by atoms with Crippen LogP contribution >= 0.6 is 0 Å². The summed E-state index contributed by atoms with van der Waals surface area (Å²) in [5.41, 5.74) is 0.866. The molecule has 100 valence electrons. The van der Waals surface area contributed by atoms with Crippen molar-refractivity contribution in [3.05, 3.63) is 35.6 Å². The number of carboxylic acid groups (broad SMARTS) is 1. The lowest BCUT2D eigenvalue weighted by Crippen LogP contribution is -2.36. The Kier molecular flexibility index (Phi) is 4.84. The van der Waals surface area contributed by atoms with E-state index in [1.165, 1.54) is 12.1 Å². The second-order valence-corrected chi connectivity index (χ2v) is 5.26. The molecule has 1 rings (SSSR count). The van der Waals surface area contributed by atoms with Gasteiger partial charge in [0.1, 0.15) is 5.82 Å². The summed E-state index contributed by atoms with van der Waals surface area (Å²) in [5.74, 6) is -1.46. The summed E-state index contributed by atoms with van der Waals surface area (Å²) < 4.78 is 12.8. The largest absolute Gasteiger partial charge is 0.481 e. The minimum atomic E-state index is -0.804. The molecule has 0 aromatic heterocycles. The summed E-state index contributed by atoms with van der Waals surface area (Å²) in [5, 5.41) is 11.9. The molecule has 0 spiro atoms. The fraction of sp³-hybridized carbons (Fsp3) is 0.500. The Labute approximate surface area is 107 Å². The second-order valence-electron chi connectivity index (χ2n) is 5.26. The van der Waals surface area contributed by atoms with Gasteiger partial charge in [0, 0.05) is 18.5 Å². The smallest absolute Gasteiger partial charge is 0.307 e. The predicted octanol–water partition coefficient (Wildman–Crippen LogP) is 2.41. The molecule has 1 aromatic carbocycles. The van der Waals surface area contributed by atoms with Gasteiger partial charge in [0.2, 0.25) is 0 Å². The number of benzene rings is 1. The molecule has 0 saturated heterocycles. The highest BCUT2D eigenvalue weighted by atomic mass is 19.1. The average molecular weight is 253 g/mol. The van der Waals surface area contributed by atoms with E-state index in [0.717, 1.165) is 5.56 Å². The zero-order valence-electron chi connectivity index (χ0n) is 11.0. The van der Waals surface area contributed by atoms with E-state index in [0.29, 0.717) is 13.1 Å². The number of carboxylic acids is 1. The maximum Gasteiger partial charge on any atom is 0.307 e. The van der Waals surface area contributed by atoms with Gasteiger partial charge in [0.05, 0.1) is 5.92 Å². The van der Waals surface area contributed by atoms with E-state index in [1.807, 2.05) is 13.8 Å². The molecule has 1 aromatic rings. The molecule has 0 aliphatic rings. The molecule has 18 heavy (non-hydrogen) atoms. The van der Waals surface area contributed by atoms with Crippen molar-refractivity contribution < 1.29 is 14.3 Å². The van der Waals surface area contributed by atoms with Gasteiger partial charge >= 0.3 is 5.97 Å². The molecule has 0 heterocycles. The molecule has 0 aliphatic carbocycles. The molecular weight excluding hydrogens is 233 g/mol. The SMILES string of the molecule is CC(CNCC(C)(C)c1ccc(F)cc1)C(=O)O. The van der Waals surface area contributed by atoms with E-state index >= 15 is 0 Å². The van der Waals surface area contributed by atoms with Gasteiger partial charge in [-0.25, -0.2) is 4.39 Å². The highest BCUT2D eigenvalue weighted by Crippen LogP contribution is 2.22. The standard InChI is InChI=1S/C14H20FNO2/c1-10(13(17)18)8-16-9-14(2,3)11-4-6-12(15)7-5-11/h4-7,10,16H,8-9H2,1-3H3,(H,17,18). The Hall–Kier alpha value is -1.42. The van der Waals surface area contributed by atoms with Crippen molar-refractivity contribution in [3.8, 4) is 0 Å². The number of carbonyl (C=O) groups is 1. The third kappa shape index (κ3) is 4.11. The zero-order valence-corrected chi connectivity index (χ0v) is 11.0. The van der Waals surface area contributed by atoms with Crippen molar-refractivity contribution in [1.29, 1.82) is 0 Å². The Morgan fingerprint density at radius 3 is 2.44 bits per heavy atom. The molecule has 0 aliphatic heterocycles. The maximum absolute atomic E-state index is 12.8. The fourth-order valence-corrected chi connectivity index (χ4v) is 1.69. The quantitative estimate of drug-likeness (QED) is 0.818. The summed E-state index contributed by atoms with van der Waals surface area (Å²) >= 11 is 0. The van der Waals surface area contributed by atoms with Crippen LogP contribution in [0.1, 0.15) is 26.3 Å². The monoisotopic (exact) mass is 253 g/mol. The highest BCUT2D eigenvalue weighted by molar-refractivity contribution is 5.69. The lowest BCUT2D eigenvalue weighted by atomic mass is 9.84. The van der Waals surface area contributed by atoms with Crippen molar-refractivity contribution in [1.82, 2.24) is 5.32 Å². The summed E-state index contributed by atoms with van der Waals surface area (Å²) in [6.45, 7) is 6.83. The first-order valence-corrected chi connectivity index (χ1v) is 6.02. The Balaban J connectivity index is 2.54. The Bertz CT molecular complexity index is 401. The van der Waals surface area contributed by atoms with E-state index in [4.69, 9.17) is 5.11 Å². The van der Waals surface area contributed by atoms with Crippen LogP contribution in [0.5, 0.6) is 0 Å². The topological polar surface area (TPSA) is 49.3 Å². The van der Waals surface area contributed by atoms with Crippen LogP contribution in [0.4, 0.5) is 4.39 Å². The molecule has 3 nitrogen and oxygen atoms in total.